The molecule has 30 heavy (non-hydrogen) atoms. The summed E-state index contributed by atoms with van der Waals surface area (Å²) in [6, 6.07) is 16.7. The van der Waals surface area contributed by atoms with Gasteiger partial charge < -0.3 is 20.3 Å². The Morgan fingerprint density at radius 3 is 2.13 bits per heavy atom. The molecule has 160 valence electrons. The third-order valence-corrected chi connectivity index (χ3v) is 5.48. The Kier molecular flexibility index (Phi) is 6.77. The highest BCUT2D eigenvalue weighted by Crippen LogP contribution is 2.23. The normalized spacial score (nSPS) is 15.6. The molecule has 1 heterocycles. The number of carbonyl (C=O) groups is 2. The quantitative estimate of drug-likeness (QED) is 0.762. The summed E-state index contributed by atoms with van der Waals surface area (Å²) in [4.78, 5) is 28.8. The summed E-state index contributed by atoms with van der Waals surface area (Å²) in [5, 5.41) is 0. The van der Waals surface area contributed by atoms with Crippen LogP contribution >= 0.6 is 0 Å². The first-order valence-corrected chi connectivity index (χ1v) is 10.4. The first-order chi connectivity index (χ1) is 14.3. The van der Waals surface area contributed by atoms with E-state index in [1.807, 2.05) is 75.4 Å². The Labute approximate surface area is 178 Å². The van der Waals surface area contributed by atoms with Crippen LogP contribution in [0.3, 0.4) is 0 Å². The van der Waals surface area contributed by atoms with E-state index in [0.717, 1.165) is 24.3 Å². The van der Waals surface area contributed by atoms with Crippen LogP contribution in [-0.2, 0) is 11.3 Å². The third-order valence-electron chi connectivity index (χ3n) is 5.48. The van der Waals surface area contributed by atoms with Crippen molar-refractivity contribution in [2.75, 3.05) is 31.1 Å². The van der Waals surface area contributed by atoms with E-state index in [1.54, 1.807) is 4.90 Å². The molecule has 6 heteroatoms. The predicted molar refractivity (Wildman–Crippen MR) is 119 cm³/mol. The summed E-state index contributed by atoms with van der Waals surface area (Å²) >= 11 is 0. The van der Waals surface area contributed by atoms with E-state index in [2.05, 4.69) is 4.90 Å². The minimum Gasteiger partial charge on any atom is -0.445 e. The molecule has 1 amide bonds. The van der Waals surface area contributed by atoms with Gasteiger partial charge >= 0.3 is 6.09 Å². The summed E-state index contributed by atoms with van der Waals surface area (Å²) in [5.41, 5.74) is 8.47. The number of amides is 1. The first-order valence-electron chi connectivity index (χ1n) is 10.4. The molecule has 2 N–H and O–H groups in total. The molecule has 1 aliphatic heterocycles. The SMILES string of the molecule is CC(C)(C)[C@H](N)C(=O)c1ccc(N2CCN(C(=O)OCc3ccccc3)CC2)cc1. The van der Waals surface area contributed by atoms with Crippen LogP contribution in [0.15, 0.2) is 54.6 Å². The van der Waals surface area contributed by atoms with Crippen LogP contribution < -0.4 is 10.6 Å². The molecule has 6 nitrogen and oxygen atoms in total. The number of Topliss-reactive ketones (excluding diaryl/α,β-unsaturated/α-hetero) is 1. The number of nitrogens with two attached hydrogens (primary N) is 1. The number of piperazine rings is 1. The number of ether oxygens (including phenoxy) is 1. The second-order valence-corrected chi connectivity index (χ2v) is 8.77. The molecule has 1 fully saturated rings. The number of anilines is 1. The van der Waals surface area contributed by atoms with Crippen molar-refractivity contribution in [3.8, 4) is 0 Å². The van der Waals surface area contributed by atoms with Crippen LogP contribution in [0.2, 0.25) is 0 Å². The van der Waals surface area contributed by atoms with E-state index in [1.165, 1.54) is 0 Å². The molecule has 3 rings (SSSR count). The largest absolute Gasteiger partial charge is 0.445 e. The maximum absolute atomic E-state index is 12.6. The zero-order chi connectivity index (χ0) is 21.7. The molecule has 1 aliphatic rings. The molecule has 0 unspecified atom stereocenters. The molecular weight excluding hydrogens is 378 g/mol. The third kappa shape index (κ3) is 5.39. The minimum absolute atomic E-state index is 0.0416. The van der Waals surface area contributed by atoms with Gasteiger partial charge in [0.05, 0.1) is 6.04 Å². The number of hydrogen-bond donors (Lipinski definition) is 1. The highest BCUT2D eigenvalue weighted by atomic mass is 16.6. The molecule has 1 atom stereocenters. The van der Waals surface area contributed by atoms with Crippen molar-refractivity contribution in [1.82, 2.24) is 4.90 Å². The van der Waals surface area contributed by atoms with Crippen molar-refractivity contribution < 1.29 is 14.3 Å². The Balaban J connectivity index is 1.51. The highest BCUT2D eigenvalue weighted by molar-refractivity contribution is 6.00. The van der Waals surface area contributed by atoms with Gasteiger partial charge in [0, 0.05) is 37.4 Å². The van der Waals surface area contributed by atoms with E-state index >= 15 is 0 Å². The van der Waals surface area contributed by atoms with Crippen molar-refractivity contribution in [3.05, 3.63) is 65.7 Å². The van der Waals surface area contributed by atoms with E-state index in [-0.39, 0.29) is 23.9 Å². The molecule has 0 aliphatic carbocycles. The zero-order valence-electron chi connectivity index (χ0n) is 18.0. The Bertz CT molecular complexity index is 852. The summed E-state index contributed by atoms with van der Waals surface area (Å²) in [7, 11) is 0. The Hall–Kier alpha value is -2.86. The molecule has 2 aromatic carbocycles. The fraction of sp³-hybridized carbons (Fsp3) is 0.417. The molecule has 2 aromatic rings. The zero-order valence-corrected chi connectivity index (χ0v) is 18.0. The van der Waals surface area contributed by atoms with Crippen LogP contribution in [0, 0.1) is 5.41 Å². The van der Waals surface area contributed by atoms with Gasteiger partial charge in [-0.3, -0.25) is 4.79 Å². The standard InChI is InChI=1S/C24H31N3O3/c1-24(2,3)22(25)21(28)19-9-11-20(12-10-19)26-13-15-27(16-14-26)23(29)30-17-18-7-5-4-6-8-18/h4-12,22H,13-17,25H2,1-3H3/t22-/m1/s1. The maximum Gasteiger partial charge on any atom is 0.410 e. The van der Waals surface area contributed by atoms with Crippen LogP contribution in [-0.4, -0.2) is 49.0 Å². The lowest BCUT2D eigenvalue weighted by Crippen LogP contribution is -2.49. The van der Waals surface area contributed by atoms with Gasteiger partial charge in [0.1, 0.15) is 6.61 Å². The van der Waals surface area contributed by atoms with E-state index < -0.39 is 6.04 Å². The lowest BCUT2D eigenvalue weighted by Gasteiger charge is -2.35. The number of nitrogens with zero attached hydrogens (tertiary/aromatic N) is 2. The number of carbonyl (C=O) groups excluding carboxylic acids is 2. The Morgan fingerprint density at radius 2 is 1.57 bits per heavy atom. The smallest absolute Gasteiger partial charge is 0.410 e. The molecule has 0 spiro atoms. The van der Waals surface area contributed by atoms with E-state index in [0.29, 0.717) is 18.7 Å². The molecule has 0 radical (unpaired) electrons. The van der Waals surface area contributed by atoms with Crippen LogP contribution in [0.5, 0.6) is 0 Å². The van der Waals surface area contributed by atoms with Gasteiger partial charge in [0.25, 0.3) is 0 Å². The number of benzene rings is 2. The van der Waals surface area contributed by atoms with Gasteiger partial charge in [-0.25, -0.2) is 4.79 Å². The van der Waals surface area contributed by atoms with Crippen molar-refractivity contribution in [1.29, 1.82) is 0 Å². The van der Waals surface area contributed by atoms with Crippen LogP contribution in [0.1, 0.15) is 36.7 Å². The van der Waals surface area contributed by atoms with E-state index in [9.17, 15) is 9.59 Å². The lowest BCUT2D eigenvalue weighted by molar-refractivity contribution is 0.0899. The van der Waals surface area contributed by atoms with E-state index in [4.69, 9.17) is 10.5 Å². The van der Waals surface area contributed by atoms with Gasteiger partial charge in [-0.15, -0.1) is 0 Å². The van der Waals surface area contributed by atoms with Gasteiger partial charge in [0.2, 0.25) is 0 Å². The average Bonchev–Trinajstić information content (AvgIpc) is 2.77. The van der Waals surface area contributed by atoms with Crippen molar-refractivity contribution in [3.63, 3.8) is 0 Å². The van der Waals surface area contributed by atoms with Crippen LogP contribution in [0.4, 0.5) is 10.5 Å². The molecule has 0 aromatic heterocycles. The van der Waals surface area contributed by atoms with Gasteiger partial charge in [-0.1, -0.05) is 51.1 Å². The fourth-order valence-corrected chi connectivity index (χ4v) is 3.37. The van der Waals surface area contributed by atoms with Gasteiger partial charge in [0.15, 0.2) is 5.78 Å². The summed E-state index contributed by atoms with van der Waals surface area (Å²) < 4.78 is 5.42. The molecular formula is C24H31N3O3. The first kappa shape index (κ1) is 21.8. The second-order valence-electron chi connectivity index (χ2n) is 8.77. The maximum atomic E-state index is 12.6. The molecule has 0 bridgehead atoms. The van der Waals surface area contributed by atoms with Crippen molar-refractivity contribution in [2.24, 2.45) is 11.1 Å². The number of rotatable bonds is 5. The molecule has 0 saturated carbocycles. The van der Waals surface area contributed by atoms with Gasteiger partial charge in [-0.2, -0.15) is 0 Å². The topological polar surface area (TPSA) is 75.9 Å². The molecule has 1 saturated heterocycles. The second kappa shape index (κ2) is 9.30. The van der Waals surface area contributed by atoms with Crippen molar-refractivity contribution in [2.45, 2.75) is 33.4 Å². The lowest BCUT2D eigenvalue weighted by atomic mass is 9.83. The summed E-state index contributed by atoms with van der Waals surface area (Å²) in [5.74, 6) is -0.0416. The Morgan fingerprint density at radius 1 is 0.967 bits per heavy atom. The van der Waals surface area contributed by atoms with Crippen LogP contribution in [0.25, 0.3) is 0 Å². The van der Waals surface area contributed by atoms with Crippen molar-refractivity contribution >= 4 is 17.6 Å². The number of ketones is 1. The van der Waals surface area contributed by atoms with Gasteiger partial charge in [-0.05, 0) is 35.2 Å². The number of hydrogen-bond acceptors (Lipinski definition) is 5. The minimum atomic E-state index is -0.534. The highest BCUT2D eigenvalue weighted by Gasteiger charge is 2.28. The summed E-state index contributed by atoms with van der Waals surface area (Å²) in [6.07, 6.45) is -0.282. The average molecular weight is 410 g/mol. The summed E-state index contributed by atoms with van der Waals surface area (Å²) in [6.45, 7) is 8.82. The fourth-order valence-electron chi connectivity index (χ4n) is 3.37. The predicted octanol–water partition coefficient (Wildman–Crippen LogP) is 3.70. The monoisotopic (exact) mass is 409 g/mol.